The van der Waals surface area contributed by atoms with Crippen LogP contribution in [0.1, 0.15) is 31.1 Å². The lowest BCUT2D eigenvalue weighted by molar-refractivity contribution is 0.0635. The third-order valence-corrected chi connectivity index (χ3v) is 1.97. The van der Waals surface area contributed by atoms with E-state index in [9.17, 15) is 9.59 Å². The number of carbonyl (C=O) groups is 2. The number of aromatic carboxylic acids is 1. The average Bonchev–Trinajstić information content (AvgIpc) is 2.26. The quantitative estimate of drug-likeness (QED) is 0.871. The van der Waals surface area contributed by atoms with Crippen LogP contribution in [0.3, 0.4) is 0 Å². The minimum absolute atomic E-state index is 0.00533. The number of pyridine rings is 1. The Morgan fingerprint density at radius 3 is 2.47 bits per heavy atom. The van der Waals surface area contributed by atoms with E-state index in [1.54, 1.807) is 20.8 Å². The first-order chi connectivity index (χ1) is 8.74. The number of aromatic nitrogens is 1. The van der Waals surface area contributed by atoms with Crippen LogP contribution >= 0.6 is 0 Å². The van der Waals surface area contributed by atoms with Crippen molar-refractivity contribution in [2.75, 3.05) is 12.4 Å². The largest absolute Gasteiger partial charge is 0.479 e. The van der Waals surface area contributed by atoms with E-state index >= 15 is 0 Å². The average molecular weight is 268 g/mol. The number of nitrogens with one attached hydrogen (secondary N) is 1. The second kappa shape index (κ2) is 5.55. The van der Waals surface area contributed by atoms with Gasteiger partial charge in [0.05, 0.1) is 12.7 Å². The molecule has 19 heavy (non-hydrogen) atoms. The van der Waals surface area contributed by atoms with E-state index in [0.29, 0.717) is 0 Å². The summed E-state index contributed by atoms with van der Waals surface area (Å²) in [4.78, 5) is 26.6. The predicted octanol–water partition coefficient (Wildman–Crippen LogP) is 2.14. The molecule has 104 valence electrons. The lowest BCUT2D eigenvalue weighted by atomic mass is 10.2. The van der Waals surface area contributed by atoms with Crippen molar-refractivity contribution in [3.63, 3.8) is 0 Å². The van der Waals surface area contributed by atoms with E-state index in [4.69, 9.17) is 14.6 Å². The third kappa shape index (κ3) is 4.13. The number of carboxylic acids is 1. The predicted molar refractivity (Wildman–Crippen MR) is 67.6 cm³/mol. The minimum atomic E-state index is -1.20. The van der Waals surface area contributed by atoms with Gasteiger partial charge in [0.2, 0.25) is 5.88 Å². The monoisotopic (exact) mass is 268 g/mol. The standard InChI is InChI=1S/C12H16N2O5/c1-12(2,3)19-11(17)14-8-7(10(15)16)5-6-13-9(8)18-4/h5-6H,1-4H3,(H,14,17)(H,15,16). The Hall–Kier alpha value is -2.31. The Morgan fingerprint density at radius 2 is 2.00 bits per heavy atom. The topological polar surface area (TPSA) is 97.8 Å². The summed E-state index contributed by atoms with van der Waals surface area (Å²) >= 11 is 0. The molecule has 1 aromatic heterocycles. The van der Waals surface area contributed by atoms with Gasteiger partial charge in [0.25, 0.3) is 0 Å². The fraction of sp³-hybridized carbons (Fsp3) is 0.417. The van der Waals surface area contributed by atoms with Crippen LogP contribution in [-0.2, 0) is 4.74 Å². The molecule has 7 nitrogen and oxygen atoms in total. The molecule has 0 aliphatic carbocycles. The van der Waals surface area contributed by atoms with Gasteiger partial charge in [-0.1, -0.05) is 0 Å². The number of ether oxygens (including phenoxy) is 2. The summed E-state index contributed by atoms with van der Waals surface area (Å²) in [6.07, 6.45) is 0.504. The van der Waals surface area contributed by atoms with Crippen LogP contribution in [0.5, 0.6) is 5.88 Å². The molecule has 0 bridgehead atoms. The van der Waals surface area contributed by atoms with E-state index in [2.05, 4.69) is 10.3 Å². The molecule has 0 aromatic carbocycles. The van der Waals surface area contributed by atoms with Crippen molar-refractivity contribution >= 4 is 17.7 Å². The number of anilines is 1. The highest BCUT2D eigenvalue weighted by molar-refractivity contribution is 6.00. The Labute approximate surface area is 110 Å². The van der Waals surface area contributed by atoms with Crippen LogP contribution in [-0.4, -0.2) is 34.9 Å². The van der Waals surface area contributed by atoms with Gasteiger partial charge >= 0.3 is 12.1 Å². The zero-order valence-electron chi connectivity index (χ0n) is 11.2. The molecule has 0 spiro atoms. The van der Waals surface area contributed by atoms with Gasteiger partial charge in [0.15, 0.2) is 0 Å². The second-order valence-corrected chi connectivity index (χ2v) is 4.67. The Balaban J connectivity index is 3.05. The van der Waals surface area contributed by atoms with Gasteiger partial charge in [-0.05, 0) is 26.8 Å². The summed E-state index contributed by atoms with van der Waals surface area (Å²) < 4.78 is 9.97. The van der Waals surface area contributed by atoms with Crippen molar-refractivity contribution in [1.29, 1.82) is 0 Å². The van der Waals surface area contributed by atoms with Crippen LogP contribution in [0.25, 0.3) is 0 Å². The fourth-order valence-electron chi connectivity index (χ4n) is 1.30. The van der Waals surface area contributed by atoms with Crippen molar-refractivity contribution in [2.45, 2.75) is 26.4 Å². The molecule has 1 amide bonds. The fourth-order valence-corrected chi connectivity index (χ4v) is 1.30. The number of methoxy groups -OCH3 is 1. The van der Waals surface area contributed by atoms with E-state index in [-0.39, 0.29) is 17.1 Å². The number of amides is 1. The Morgan fingerprint density at radius 1 is 1.37 bits per heavy atom. The molecule has 0 fully saturated rings. The molecule has 0 radical (unpaired) electrons. The maximum atomic E-state index is 11.7. The normalized spacial score (nSPS) is 10.7. The lowest BCUT2D eigenvalue weighted by Gasteiger charge is -2.20. The van der Waals surface area contributed by atoms with Gasteiger partial charge in [0.1, 0.15) is 11.3 Å². The van der Waals surface area contributed by atoms with Crippen molar-refractivity contribution in [3.8, 4) is 5.88 Å². The second-order valence-electron chi connectivity index (χ2n) is 4.67. The van der Waals surface area contributed by atoms with Crippen molar-refractivity contribution in [2.24, 2.45) is 0 Å². The zero-order chi connectivity index (χ0) is 14.6. The molecule has 0 atom stereocenters. The highest BCUT2D eigenvalue weighted by Gasteiger charge is 2.22. The number of carboxylic acid groups (broad SMARTS) is 1. The number of rotatable bonds is 3. The molecule has 0 unspecified atom stereocenters. The summed E-state index contributed by atoms with van der Waals surface area (Å²) in [5, 5.41) is 11.4. The molecular weight excluding hydrogens is 252 g/mol. The highest BCUT2D eigenvalue weighted by Crippen LogP contribution is 2.26. The maximum absolute atomic E-state index is 11.7. The van der Waals surface area contributed by atoms with Crippen LogP contribution in [0, 0.1) is 0 Å². The van der Waals surface area contributed by atoms with Crippen LogP contribution in [0.4, 0.5) is 10.5 Å². The van der Waals surface area contributed by atoms with Gasteiger partial charge < -0.3 is 14.6 Å². The number of hydrogen-bond donors (Lipinski definition) is 2. The first kappa shape index (κ1) is 14.7. The maximum Gasteiger partial charge on any atom is 0.412 e. The number of nitrogens with zero attached hydrogens (tertiary/aromatic N) is 1. The smallest absolute Gasteiger partial charge is 0.412 e. The van der Waals surface area contributed by atoms with E-state index in [0.717, 1.165) is 0 Å². The third-order valence-electron chi connectivity index (χ3n) is 1.97. The van der Waals surface area contributed by atoms with Crippen LogP contribution in [0.2, 0.25) is 0 Å². The SMILES string of the molecule is COc1nccc(C(=O)O)c1NC(=O)OC(C)(C)C. The van der Waals surface area contributed by atoms with Crippen molar-refractivity contribution in [1.82, 2.24) is 4.98 Å². The summed E-state index contributed by atoms with van der Waals surface area (Å²) in [5.41, 5.74) is -0.854. The number of carbonyl (C=O) groups excluding carboxylic acids is 1. The Kier molecular flexibility index (Phi) is 4.31. The molecule has 1 heterocycles. The van der Waals surface area contributed by atoms with Crippen molar-refractivity contribution < 1.29 is 24.2 Å². The first-order valence-electron chi connectivity index (χ1n) is 5.51. The molecule has 7 heteroatoms. The molecule has 0 aliphatic heterocycles. The van der Waals surface area contributed by atoms with E-state index in [1.807, 2.05) is 0 Å². The molecule has 0 saturated carbocycles. The van der Waals surface area contributed by atoms with E-state index < -0.39 is 17.7 Å². The molecule has 0 saturated heterocycles. The Bertz CT molecular complexity index is 493. The minimum Gasteiger partial charge on any atom is -0.479 e. The molecule has 2 N–H and O–H groups in total. The summed E-state index contributed by atoms with van der Waals surface area (Å²) in [7, 11) is 1.33. The lowest BCUT2D eigenvalue weighted by Crippen LogP contribution is -2.28. The first-order valence-corrected chi connectivity index (χ1v) is 5.51. The molecule has 1 rings (SSSR count). The molecular formula is C12H16N2O5. The van der Waals surface area contributed by atoms with Crippen molar-refractivity contribution in [3.05, 3.63) is 17.8 Å². The summed E-state index contributed by atoms with van der Waals surface area (Å²) in [6, 6.07) is 1.26. The molecule has 0 aliphatic rings. The van der Waals surface area contributed by atoms with Crippen LogP contribution in [0.15, 0.2) is 12.3 Å². The van der Waals surface area contributed by atoms with Gasteiger partial charge in [-0.2, -0.15) is 0 Å². The zero-order valence-corrected chi connectivity index (χ0v) is 11.2. The van der Waals surface area contributed by atoms with Gasteiger partial charge in [-0.15, -0.1) is 0 Å². The number of hydrogen-bond acceptors (Lipinski definition) is 5. The highest BCUT2D eigenvalue weighted by atomic mass is 16.6. The van der Waals surface area contributed by atoms with Gasteiger partial charge in [-0.3, -0.25) is 5.32 Å². The summed E-state index contributed by atoms with van der Waals surface area (Å²) in [5.74, 6) is -1.20. The van der Waals surface area contributed by atoms with E-state index in [1.165, 1.54) is 19.4 Å². The van der Waals surface area contributed by atoms with Gasteiger partial charge in [-0.25, -0.2) is 14.6 Å². The van der Waals surface area contributed by atoms with Crippen LogP contribution < -0.4 is 10.1 Å². The van der Waals surface area contributed by atoms with Gasteiger partial charge in [0, 0.05) is 6.20 Å². The summed E-state index contributed by atoms with van der Waals surface area (Å²) in [6.45, 7) is 5.10. The molecule has 1 aromatic rings.